The first-order chi connectivity index (χ1) is 8.69. The third-order valence-electron chi connectivity index (χ3n) is 3.06. The maximum atomic E-state index is 11.1. The summed E-state index contributed by atoms with van der Waals surface area (Å²) in [4.78, 5) is 18.8. The largest absolute Gasteiger partial charge is 0.396 e. The summed E-state index contributed by atoms with van der Waals surface area (Å²) in [5.41, 5.74) is 2.74. The number of hydrogen-bond donors (Lipinski definition) is 3. The molecule has 0 aliphatic carbocycles. The van der Waals surface area contributed by atoms with Gasteiger partial charge in [0.1, 0.15) is 0 Å². The van der Waals surface area contributed by atoms with E-state index in [1.807, 2.05) is 25.2 Å². The number of nitrogens with zero attached hydrogens (tertiary/aromatic N) is 1. The number of likely N-dealkylation sites (N-methyl/N-ethyl adjacent to an activating group) is 1. The number of aromatic amines is 2. The Kier molecular flexibility index (Phi) is 4.17. The molecular formula is C13H19N3O2. The lowest BCUT2D eigenvalue weighted by Gasteiger charge is -2.15. The first-order valence-corrected chi connectivity index (χ1v) is 6.19. The zero-order chi connectivity index (χ0) is 13.0. The van der Waals surface area contributed by atoms with E-state index in [1.165, 1.54) is 5.56 Å². The average Bonchev–Trinajstić information content (AvgIpc) is 2.73. The van der Waals surface area contributed by atoms with Crippen molar-refractivity contribution in [2.75, 3.05) is 26.7 Å². The highest BCUT2D eigenvalue weighted by Crippen LogP contribution is 2.10. The van der Waals surface area contributed by atoms with Crippen molar-refractivity contribution in [2.45, 2.75) is 12.8 Å². The van der Waals surface area contributed by atoms with Gasteiger partial charge in [0.25, 0.3) is 0 Å². The van der Waals surface area contributed by atoms with Gasteiger partial charge in [0.05, 0.1) is 11.0 Å². The Balaban J connectivity index is 1.97. The van der Waals surface area contributed by atoms with Gasteiger partial charge in [0.15, 0.2) is 0 Å². The lowest BCUT2D eigenvalue weighted by molar-refractivity contribution is 0.248. The minimum atomic E-state index is -0.165. The van der Waals surface area contributed by atoms with E-state index < -0.39 is 0 Å². The Morgan fingerprint density at radius 3 is 2.78 bits per heavy atom. The van der Waals surface area contributed by atoms with Gasteiger partial charge in [-0.2, -0.15) is 0 Å². The van der Waals surface area contributed by atoms with Gasteiger partial charge in [-0.3, -0.25) is 0 Å². The van der Waals surface area contributed by atoms with Crippen LogP contribution >= 0.6 is 0 Å². The van der Waals surface area contributed by atoms with Crippen molar-refractivity contribution in [2.24, 2.45) is 0 Å². The van der Waals surface area contributed by atoms with Crippen molar-refractivity contribution in [3.05, 3.63) is 34.2 Å². The first kappa shape index (κ1) is 12.9. The van der Waals surface area contributed by atoms with E-state index in [1.54, 1.807) is 0 Å². The fourth-order valence-electron chi connectivity index (χ4n) is 2.01. The van der Waals surface area contributed by atoms with Crippen molar-refractivity contribution in [3.8, 4) is 0 Å². The number of fused-ring (bicyclic) bond motifs is 1. The Morgan fingerprint density at radius 1 is 1.22 bits per heavy atom. The fourth-order valence-corrected chi connectivity index (χ4v) is 2.01. The summed E-state index contributed by atoms with van der Waals surface area (Å²) in [5.74, 6) is 0. The quantitative estimate of drug-likeness (QED) is 0.706. The molecule has 0 fully saturated rings. The van der Waals surface area contributed by atoms with Crippen LogP contribution in [0.3, 0.4) is 0 Å². The maximum Gasteiger partial charge on any atom is 0.323 e. The van der Waals surface area contributed by atoms with Gasteiger partial charge in [0.2, 0.25) is 0 Å². The standard InChI is InChI=1S/C13H19N3O2/c1-16(6-2-8-17)7-5-10-3-4-11-12(9-10)15-13(18)14-11/h3-4,9,17H,2,5-8H2,1H3,(H2,14,15,18). The molecule has 0 radical (unpaired) electrons. The van der Waals surface area contributed by atoms with E-state index >= 15 is 0 Å². The van der Waals surface area contributed by atoms with Gasteiger partial charge in [-0.15, -0.1) is 0 Å². The zero-order valence-electron chi connectivity index (χ0n) is 10.6. The summed E-state index contributed by atoms with van der Waals surface area (Å²) in [6.07, 6.45) is 1.74. The summed E-state index contributed by atoms with van der Waals surface area (Å²) in [6, 6.07) is 5.97. The number of aliphatic hydroxyl groups is 1. The van der Waals surface area contributed by atoms with Crippen LogP contribution in [0.4, 0.5) is 0 Å². The van der Waals surface area contributed by atoms with Crippen LogP contribution in [-0.2, 0) is 6.42 Å². The van der Waals surface area contributed by atoms with Crippen LogP contribution < -0.4 is 5.69 Å². The number of aliphatic hydroxyl groups excluding tert-OH is 1. The van der Waals surface area contributed by atoms with Crippen molar-refractivity contribution in [1.82, 2.24) is 14.9 Å². The van der Waals surface area contributed by atoms with Crippen molar-refractivity contribution in [1.29, 1.82) is 0 Å². The second kappa shape index (κ2) is 5.84. The molecule has 1 aromatic carbocycles. The Labute approximate surface area is 105 Å². The Morgan fingerprint density at radius 2 is 2.00 bits per heavy atom. The van der Waals surface area contributed by atoms with Gasteiger partial charge in [-0.25, -0.2) is 4.79 Å². The summed E-state index contributed by atoms with van der Waals surface area (Å²) >= 11 is 0. The lowest BCUT2D eigenvalue weighted by Crippen LogP contribution is -2.23. The SMILES string of the molecule is CN(CCCO)CCc1ccc2[nH]c(=O)[nH]c2c1. The number of aromatic nitrogens is 2. The van der Waals surface area contributed by atoms with E-state index in [4.69, 9.17) is 5.11 Å². The van der Waals surface area contributed by atoms with Gasteiger partial charge >= 0.3 is 5.69 Å². The highest BCUT2D eigenvalue weighted by atomic mass is 16.3. The van der Waals surface area contributed by atoms with E-state index in [0.717, 1.165) is 37.0 Å². The third-order valence-corrected chi connectivity index (χ3v) is 3.06. The van der Waals surface area contributed by atoms with E-state index in [2.05, 4.69) is 14.9 Å². The highest BCUT2D eigenvalue weighted by molar-refractivity contribution is 5.74. The molecule has 0 bridgehead atoms. The van der Waals surface area contributed by atoms with Gasteiger partial charge in [-0.1, -0.05) is 6.07 Å². The fraction of sp³-hybridized carbons (Fsp3) is 0.462. The van der Waals surface area contributed by atoms with Gasteiger partial charge < -0.3 is 20.0 Å². The van der Waals surface area contributed by atoms with E-state index in [0.29, 0.717) is 0 Å². The maximum absolute atomic E-state index is 11.1. The second-order valence-corrected chi connectivity index (χ2v) is 4.59. The predicted molar refractivity (Wildman–Crippen MR) is 71.8 cm³/mol. The van der Waals surface area contributed by atoms with Crippen molar-refractivity contribution >= 4 is 11.0 Å². The Bertz CT molecular complexity index is 559. The van der Waals surface area contributed by atoms with Crippen LogP contribution in [0.25, 0.3) is 11.0 Å². The second-order valence-electron chi connectivity index (χ2n) is 4.59. The van der Waals surface area contributed by atoms with Gasteiger partial charge in [-0.05, 0) is 37.6 Å². The molecule has 5 nitrogen and oxygen atoms in total. The monoisotopic (exact) mass is 249 g/mol. The van der Waals surface area contributed by atoms with Crippen LogP contribution in [0.5, 0.6) is 0 Å². The van der Waals surface area contributed by atoms with Crippen LogP contribution in [0.2, 0.25) is 0 Å². The molecule has 2 aromatic rings. The van der Waals surface area contributed by atoms with E-state index in [9.17, 15) is 4.79 Å². The summed E-state index contributed by atoms with van der Waals surface area (Å²) in [6.45, 7) is 2.08. The topological polar surface area (TPSA) is 72.1 Å². The van der Waals surface area contributed by atoms with Crippen molar-refractivity contribution < 1.29 is 5.11 Å². The third kappa shape index (κ3) is 3.21. The molecule has 18 heavy (non-hydrogen) atoms. The molecule has 0 aliphatic rings. The van der Waals surface area contributed by atoms with Crippen molar-refractivity contribution in [3.63, 3.8) is 0 Å². The molecule has 0 saturated carbocycles. The molecule has 0 aliphatic heterocycles. The molecule has 0 unspecified atom stereocenters. The molecule has 5 heteroatoms. The number of imidazole rings is 1. The average molecular weight is 249 g/mol. The molecule has 2 rings (SSSR count). The number of nitrogens with one attached hydrogen (secondary N) is 2. The summed E-state index contributed by atoms with van der Waals surface area (Å²) in [5, 5.41) is 8.76. The molecule has 1 aromatic heterocycles. The molecule has 0 spiro atoms. The summed E-state index contributed by atoms with van der Waals surface area (Å²) in [7, 11) is 2.05. The molecule has 1 heterocycles. The highest BCUT2D eigenvalue weighted by Gasteiger charge is 2.02. The van der Waals surface area contributed by atoms with Gasteiger partial charge in [0, 0.05) is 19.7 Å². The Hall–Kier alpha value is -1.59. The molecule has 0 amide bonds. The number of hydrogen-bond acceptors (Lipinski definition) is 3. The van der Waals surface area contributed by atoms with Crippen LogP contribution in [0, 0.1) is 0 Å². The number of H-pyrrole nitrogens is 2. The minimum absolute atomic E-state index is 0.165. The lowest BCUT2D eigenvalue weighted by atomic mass is 10.1. The van der Waals surface area contributed by atoms with E-state index in [-0.39, 0.29) is 12.3 Å². The number of benzene rings is 1. The molecule has 0 atom stereocenters. The smallest absolute Gasteiger partial charge is 0.323 e. The van der Waals surface area contributed by atoms with Crippen LogP contribution in [0.15, 0.2) is 23.0 Å². The zero-order valence-corrected chi connectivity index (χ0v) is 10.6. The normalized spacial score (nSPS) is 11.5. The summed E-state index contributed by atoms with van der Waals surface area (Å²) < 4.78 is 0. The van der Waals surface area contributed by atoms with Crippen LogP contribution in [0.1, 0.15) is 12.0 Å². The molecular weight excluding hydrogens is 230 g/mol. The minimum Gasteiger partial charge on any atom is -0.396 e. The molecule has 98 valence electrons. The predicted octanol–water partition coefficient (Wildman–Crippen LogP) is 0.713. The molecule has 0 saturated heterocycles. The van der Waals surface area contributed by atoms with Crippen LogP contribution in [-0.4, -0.2) is 46.7 Å². The molecule has 3 N–H and O–H groups in total. The first-order valence-electron chi connectivity index (χ1n) is 6.19. The number of rotatable bonds is 6.